The van der Waals surface area contributed by atoms with Gasteiger partial charge in [0, 0.05) is 18.4 Å². The zero-order valence-electron chi connectivity index (χ0n) is 18.6. The monoisotopic (exact) mass is 499 g/mol. The van der Waals surface area contributed by atoms with E-state index in [2.05, 4.69) is 15.6 Å². The number of anilines is 1. The third-order valence-corrected chi connectivity index (χ3v) is 6.92. The van der Waals surface area contributed by atoms with Gasteiger partial charge in [0.1, 0.15) is 5.82 Å². The second kappa shape index (κ2) is 14.0. The van der Waals surface area contributed by atoms with Gasteiger partial charge in [-0.05, 0) is 69.3 Å². The first-order valence-corrected chi connectivity index (χ1v) is 12.1. The molecule has 0 amide bonds. The van der Waals surface area contributed by atoms with Crippen LogP contribution in [0.15, 0.2) is 30.5 Å². The van der Waals surface area contributed by atoms with Crippen molar-refractivity contribution in [3.8, 4) is 0 Å². The van der Waals surface area contributed by atoms with E-state index in [-0.39, 0.29) is 6.04 Å². The zero-order chi connectivity index (χ0) is 23.5. The number of carbonyl (C=O) groups excluding carboxylic acids is 1. The van der Waals surface area contributed by atoms with Gasteiger partial charge in [-0.25, -0.2) is 4.98 Å². The summed E-state index contributed by atoms with van der Waals surface area (Å²) in [7, 11) is 2.03. The maximum Gasteiger partial charge on any atom is 0.151 e. The van der Waals surface area contributed by atoms with Crippen LogP contribution >= 0.6 is 34.8 Å². The molecule has 1 atom stereocenters. The van der Waals surface area contributed by atoms with Crippen LogP contribution in [0.5, 0.6) is 0 Å². The first-order chi connectivity index (χ1) is 15.4. The summed E-state index contributed by atoms with van der Waals surface area (Å²) in [5.41, 5.74) is 1.27. The van der Waals surface area contributed by atoms with Crippen LogP contribution < -0.4 is 10.6 Å². The summed E-state index contributed by atoms with van der Waals surface area (Å²) in [5.74, 6) is 2.19. The molecule has 2 aromatic rings. The number of halogens is 3. The van der Waals surface area contributed by atoms with Crippen LogP contribution in [0.2, 0.25) is 15.1 Å². The van der Waals surface area contributed by atoms with Crippen LogP contribution in [-0.4, -0.2) is 36.6 Å². The maximum atomic E-state index is 10.6. The molecule has 1 aliphatic carbocycles. The van der Waals surface area contributed by atoms with E-state index in [4.69, 9.17) is 39.9 Å². The van der Waals surface area contributed by atoms with Gasteiger partial charge in [-0.2, -0.15) is 0 Å². The number of carbonyl (C=O) groups is 1. The van der Waals surface area contributed by atoms with Crippen molar-refractivity contribution < 1.29 is 9.90 Å². The molecule has 1 fully saturated rings. The average Bonchev–Trinajstić information content (AvgIpc) is 2.79. The molecule has 0 radical (unpaired) electrons. The molecule has 1 aromatic carbocycles. The average molecular weight is 501 g/mol. The Kier molecular flexibility index (Phi) is 11.8. The fourth-order valence-corrected chi connectivity index (χ4v) is 4.66. The van der Waals surface area contributed by atoms with E-state index in [0.717, 1.165) is 23.8 Å². The smallest absolute Gasteiger partial charge is 0.151 e. The standard InChI is InChI=1S/C14H11Cl3N2O.C10H21NO/c1-8(10-3-2-4-11(15)13(10)17)19-14-12(16)5-9(7-20)6-18-14;1-11-8-10-4-2-9(3-5-10)6-7-12/h2-8H,1H3,(H,18,19);9-12H,2-8H2,1H3/t8-;/m0./s1. The van der Waals surface area contributed by atoms with Gasteiger partial charge < -0.3 is 15.7 Å². The van der Waals surface area contributed by atoms with Crippen LogP contribution in [0.3, 0.4) is 0 Å². The van der Waals surface area contributed by atoms with Gasteiger partial charge in [0.25, 0.3) is 0 Å². The van der Waals surface area contributed by atoms with Crippen LogP contribution in [-0.2, 0) is 0 Å². The zero-order valence-corrected chi connectivity index (χ0v) is 20.9. The first-order valence-electron chi connectivity index (χ1n) is 11.0. The van der Waals surface area contributed by atoms with E-state index in [9.17, 15) is 4.79 Å². The molecular formula is C24H32Cl3N3O2. The van der Waals surface area contributed by atoms with Gasteiger partial charge in [0.05, 0.1) is 21.1 Å². The first kappa shape index (κ1) is 26.9. The number of nitrogens with zero attached hydrogens (tertiary/aromatic N) is 1. The summed E-state index contributed by atoms with van der Waals surface area (Å²) in [6, 6.07) is 6.85. The van der Waals surface area contributed by atoms with Crippen molar-refractivity contribution in [3.63, 3.8) is 0 Å². The Balaban J connectivity index is 0.000000258. The quantitative estimate of drug-likeness (QED) is 0.365. The lowest BCUT2D eigenvalue weighted by molar-refractivity contribution is 0.112. The molecule has 0 spiro atoms. The predicted octanol–water partition coefficient (Wildman–Crippen LogP) is 6.42. The number of aliphatic hydroxyl groups excluding tert-OH is 1. The number of hydrogen-bond acceptors (Lipinski definition) is 5. The molecule has 1 aromatic heterocycles. The van der Waals surface area contributed by atoms with Gasteiger partial charge in [-0.1, -0.05) is 59.8 Å². The molecule has 1 heterocycles. The van der Waals surface area contributed by atoms with Gasteiger partial charge in [-0.15, -0.1) is 0 Å². The summed E-state index contributed by atoms with van der Waals surface area (Å²) in [6.45, 7) is 3.47. The van der Waals surface area contributed by atoms with E-state index in [1.165, 1.54) is 38.4 Å². The highest BCUT2D eigenvalue weighted by molar-refractivity contribution is 6.42. The maximum absolute atomic E-state index is 10.6. The number of aldehydes is 1. The van der Waals surface area contributed by atoms with E-state index in [1.807, 2.05) is 26.1 Å². The Morgan fingerprint density at radius 1 is 1.16 bits per heavy atom. The van der Waals surface area contributed by atoms with E-state index in [1.54, 1.807) is 12.1 Å². The molecule has 0 aliphatic heterocycles. The van der Waals surface area contributed by atoms with Gasteiger partial charge in [0.15, 0.2) is 6.29 Å². The molecule has 8 heteroatoms. The molecule has 1 aliphatic rings. The van der Waals surface area contributed by atoms with Crippen molar-refractivity contribution >= 4 is 46.9 Å². The normalized spacial score (nSPS) is 18.9. The highest BCUT2D eigenvalue weighted by atomic mass is 35.5. The number of nitrogens with one attached hydrogen (secondary N) is 2. The lowest BCUT2D eigenvalue weighted by Gasteiger charge is -2.27. The molecule has 0 unspecified atom stereocenters. The Hall–Kier alpha value is -1.37. The van der Waals surface area contributed by atoms with E-state index in [0.29, 0.717) is 39.3 Å². The van der Waals surface area contributed by atoms with Gasteiger partial charge in [0.2, 0.25) is 0 Å². The fraction of sp³-hybridized carbons (Fsp3) is 0.500. The molecule has 0 bridgehead atoms. The van der Waals surface area contributed by atoms with E-state index < -0.39 is 0 Å². The Morgan fingerprint density at radius 3 is 2.44 bits per heavy atom. The Morgan fingerprint density at radius 2 is 1.84 bits per heavy atom. The summed E-state index contributed by atoms with van der Waals surface area (Å²) >= 11 is 18.2. The van der Waals surface area contributed by atoms with Crippen molar-refractivity contribution in [2.75, 3.05) is 25.5 Å². The number of benzene rings is 1. The third-order valence-electron chi connectivity index (χ3n) is 5.80. The second-order valence-electron chi connectivity index (χ2n) is 8.18. The molecule has 1 saturated carbocycles. The Labute approximate surface area is 205 Å². The summed E-state index contributed by atoms with van der Waals surface area (Å²) in [4.78, 5) is 14.8. The third kappa shape index (κ3) is 8.20. The van der Waals surface area contributed by atoms with Crippen molar-refractivity contribution in [2.24, 2.45) is 11.8 Å². The molecule has 3 rings (SSSR count). The lowest BCUT2D eigenvalue weighted by Crippen LogP contribution is -2.24. The highest BCUT2D eigenvalue weighted by Crippen LogP contribution is 2.32. The minimum absolute atomic E-state index is 0.131. The topological polar surface area (TPSA) is 74.2 Å². The molecular weight excluding hydrogens is 469 g/mol. The van der Waals surface area contributed by atoms with Crippen LogP contribution in [0, 0.1) is 11.8 Å². The van der Waals surface area contributed by atoms with Gasteiger partial charge >= 0.3 is 0 Å². The van der Waals surface area contributed by atoms with E-state index >= 15 is 0 Å². The molecule has 176 valence electrons. The van der Waals surface area contributed by atoms with Crippen LogP contribution in [0.1, 0.15) is 61.0 Å². The highest BCUT2D eigenvalue weighted by Gasteiger charge is 2.19. The number of hydrogen-bond donors (Lipinski definition) is 3. The second-order valence-corrected chi connectivity index (χ2v) is 9.38. The summed E-state index contributed by atoms with van der Waals surface area (Å²) < 4.78 is 0. The Bertz CT molecular complexity index is 844. The molecule has 0 saturated heterocycles. The number of rotatable bonds is 8. The summed E-state index contributed by atoms with van der Waals surface area (Å²) in [5, 5.41) is 16.5. The van der Waals surface area contributed by atoms with Crippen LogP contribution in [0.4, 0.5) is 5.82 Å². The summed E-state index contributed by atoms with van der Waals surface area (Å²) in [6.07, 6.45) is 8.52. The van der Waals surface area contributed by atoms with Crippen molar-refractivity contribution in [1.29, 1.82) is 0 Å². The minimum Gasteiger partial charge on any atom is -0.396 e. The number of pyridine rings is 1. The van der Waals surface area contributed by atoms with Crippen LogP contribution in [0.25, 0.3) is 0 Å². The predicted molar refractivity (Wildman–Crippen MR) is 134 cm³/mol. The lowest BCUT2D eigenvalue weighted by atomic mass is 9.81. The SMILES string of the molecule is CNCC1CCC(CCO)CC1.C[C@H](Nc1ncc(C=O)cc1Cl)c1cccc(Cl)c1Cl. The number of aromatic nitrogens is 1. The van der Waals surface area contributed by atoms with Crippen molar-refractivity contribution in [3.05, 3.63) is 56.7 Å². The fourth-order valence-electron chi connectivity index (χ4n) is 3.96. The van der Waals surface area contributed by atoms with Crippen molar-refractivity contribution in [1.82, 2.24) is 10.3 Å². The van der Waals surface area contributed by atoms with Gasteiger partial charge in [-0.3, -0.25) is 4.79 Å². The molecule has 32 heavy (non-hydrogen) atoms. The largest absolute Gasteiger partial charge is 0.396 e. The van der Waals surface area contributed by atoms with Crippen molar-refractivity contribution in [2.45, 2.75) is 45.1 Å². The minimum atomic E-state index is -0.131. The number of aliphatic hydroxyl groups is 1. The molecule has 3 N–H and O–H groups in total. The molecule has 5 nitrogen and oxygen atoms in total.